The molecule has 0 atom stereocenters. The zero-order chi connectivity index (χ0) is 15.6. The normalized spacial score (nSPS) is 10.5. The molecular formula is C17H17FO3. The molecule has 21 heavy (non-hydrogen) atoms. The summed E-state index contributed by atoms with van der Waals surface area (Å²) in [5, 5.41) is 8.79. The number of benzene rings is 2. The molecule has 3 nitrogen and oxygen atoms in total. The lowest BCUT2D eigenvalue weighted by molar-refractivity contribution is 0.0692. The maximum absolute atomic E-state index is 13.6. The Hall–Kier alpha value is -2.36. The average Bonchev–Trinajstić information content (AvgIpc) is 2.40. The molecule has 0 unspecified atom stereocenters. The molecular weight excluding hydrogens is 271 g/mol. The maximum Gasteiger partial charge on any atom is 0.338 e. The second-order valence-electron chi connectivity index (χ2n) is 5.11. The second-order valence-corrected chi connectivity index (χ2v) is 5.11. The van der Waals surface area contributed by atoms with E-state index in [2.05, 4.69) is 6.07 Å². The highest BCUT2D eigenvalue weighted by Crippen LogP contribution is 2.24. The lowest BCUT2D eigenvalue weighted by atomic mass is 10.1. The van der Waals surface area contributed by atoms with Gasteiger partial charge in [0, 0.05) is 0 Å². The fourth-order valence-electron chi connectivity index (χ4n) is 2.13. The highest BCUT2D eigenvalue weighted by atomic mass is 19.1. The van der Waals surface area contributed by atoms with Crippen LogP contribution in [0.15, 0.2) is 30.3 Å². The van der Waals surface area contributed by atoms with Gasteiger partial charge in [-0.25, -0.2) is 9.18 Å². The van der Waals surface area contributed by atoms with Crippen LogP contribution in [0.4, 0.5) is 4.39 Å². The number of hydrogen-bond donors (Lipinski definition) is 1. The number of carboxylic acids is 1. The average molecular weight is 288 g/mol. The van der Waals surface area contributed by atoms with Crippen LogP contribution in [0.3, 0.4) is 0 Å². The first kappa shape index (κ1) is 15.0. The van der Waals surface area contributed by atoms with Crippen molar-refractivity contribution in [3.05, 3.63) is 64.0 Å². The molecule has 0 aromatic heterocycles. The van der Waals surface area contributed by atoms with E-state index in [-0.39, 0.29) is 12.2 Å². The van der Waals surface area contributed by atoms with Crippen molar-refractivity contribution in [2.45, 2.75) is 27.4 Å². The van der Waals surface area contributed by atoms with Gasteiger partial charge < -0.3 is 9.84 Å². The summed E-state index contributed by atoms with van der Waals surface area (Å²) in [5.74, 6) is -1.26. The summed E-state index contributed by atoms with van der Waals surface area (Å²) in [6, 6.07) is 8.02. The minimum atomic E-state index is -1.27. The van der Waals surface area contributed by atoms with Crippen molar-refractivity contribution >= 4 is 5.97 Å². The summed E-state index contributed by atoms with van der Waals surface area (Å²) < 4.78 is 19.3. The Morgan fingerprint density at radius 3 is 2.52 bits per heavy atom. The van der Waals surface area contributed by atoms with Gasteiger partial charge in [0.1, 0.15) is 18.2 Å². The van der Waals surface area contributed by atoms with E-state index >= 15 is 0 Å². The minimum Gasteiger partial charge on any atom is -0.489 e. The molecule has 0 aliphatic heterocycles. The van der Waals surface area contributed by atoms with Crippen LogP contribution < -0.4 is 4.74 Å². The van der Waals surface area contributed by atoms with E-state index < -0.39 is 11.8 Å². The molecule has 0 fully saturated rings. The third-order valence-corrected chi connectivity index (χ3v) is 3.42. The van der Waals surface area contributed by atoms with E-state index in [1.807, 2.05) is 26.8 Å². The maximum atomic E-state index is 13.6. The Morgan fingerprint density at radius 2 is 1.90 bits per heavy atom. The molecule has 0 saturated carbocycles. The van der Waals surface area contributed by atoms with Crippen molar-refractivity contribution < 1.29 is 19.0 Å². The summed E-state index contributed by atoms with van der Waals surface area (Å²) in [6.45, 7) is 6.16. The predicted molar refractivity (Wildman–Crippen MR) is 78.3 cm³/mol. The summed E-state index contributed by atoms with van der Waals surface area (Å²) in [5.41, 5.74) is 3.54. The molecule has 0 radical (unpaired) electrons. The van der Waals surface area contributed by atoms with Crippen LogP contribution >= 0.6 is 0 Å². The van der Waals surface area contributed by atoms with Crippen LogP contribution in [-0.4, -0.2) is 11.1 Å². The molecule has 1 N–H and O–H groups in total. The van der Waals surface area contributed by atoms with Crippen LogP contribution in [0.5, 0.6) is 5.75 Å². The van der Waals surface area contributed by atoms with Gasteiger partial charge >= 0.3 is 5.97 Å². The van der Waals surface area contributed by atoms with Gasteiger partial charge in [-0.05, 0) is 61.2 Å². The smallest absolute Gasteiger partial charge is 0.338 e. The lowest BCUT2D eigenvalue weighted by Gasteiger charge is -2.12. The van der Waals surface area contributed by atoms with Gasteiger partial charge in [0.15, 0.2) is 0 Å². The van der Waals surface area contributed by atoms with E-state index in [1.54, 1.807) is 6.07 Å². The SMILES string of the molecule is Cc1cc(C)c(C)c(OCc2ccc(C(=O)O)c(F)c2)c1. The van der Waals surface area contributed by atoms with E-state index in [0.29, 0.717) is 5.56 Å². The zero-order valence-electron chi connectivity index (χ0n) is 12.2. The summed E-state index contributed by atoms with van der Waals surface area (Å²) >= 11 is 0. The summed E-state index contributed by atoms with van der Waals surface area (Å²) in [4.78, 5) is 10.8. The zero-order valence-corrected chi connectivity index (χ0v) is 12.2. The largest absolute Gasteiger partial charge is 0.489 e. The molecule has 2 rings (SSSR count). The van der Waals surface area contributed by atoms with Gasteiger partial charge in [0.25, 0.3) is 0 Å². The number of aromatic carboxylic acids is 1. The molecule has 2 aromatic carbocycles. The Bertz CT molecular complexity index is 693. The highest BCUT2D eigenvalue weighted by Gasteiger charge is 2.11. The van der Waals surface area contributed by atoms with E-state index in [1.165, 1.54) is 12.1 Å². The Kier molecular flexibility index (Phi) is 4.26. The molecule has 0 bridgehead atoms. The van der Waals surface area contributed by atoms with Crippen LogP contribution in [0.1, 0.15) is 32.6 Å². The first-order chi connectivity index (χ1) is 9.88. The van der Waals surface area contributed by atoms with Crippen molar-refractivity contribution in [1.29, 1.82) is 0 Å². The highest BCUT2D eigenvalue weighted by molar-refractivity contribution is 5.87. The number of halogens is 1. The molecule has 4 heteroatoms. The Balaban J connectivity index is 2.17. The topological polar surface area (TPSA) is 46.5 Å². The molecule has 0 aliphatic carbocycles. The van der Waals surface area contributed by atoms with Gasteiger partial charge in [-0.2, -0.15) is 0 Å². The van der Waals surface area contributed by atoms with Crippen molar-refractivity contribution in [2.24, 2.45) is 0 Å². The van der Waals surface area contributed by atoms with Gasteiger partial charge in [-0.15, -0.1) is 0 Å². The quantitative estimate of drug-likeness (QED) is 0.924. The molecule has 0 spiro atoms. The number of aryl methyl sites for hydroxylation is 2. The van der Waals surface area contributed by atoms with E-state index in [4.69, 9.17) is 9.84 Å². The fraction of sp³-hybridized carbons (Fsp3) is 0.235. The molecule has 0 aliphatic rings. The molecule has 110 valence electrons. The number of hydrogen-bond acceptors (Lipinski definition) is 2. The van der Waals surface area contributed by atoms with Crippen molar-refractivity contribution in [1.82, 2.24) is 0 Å². The van der Waals surface area contributed by atoms with E-state index in [0.717, 1.165) is 22.4 Å². The third-order valence-electron chi connectivity index (χ3n) is 3.42. The lowest BCUT2D eigenvalue weighted by Crippen LogP contribution is -2.03. The molecule has 0 amide bonds. The van der Waals surface area contributed by atoms with E-state index in [9.17, 15) is 9.18 Å². The number of rotatable bonds is 4. The third kappa shape index (κ3) is 3.40. The van der Waals surface area contributed by atoms with Gasteiger partial charge in [-0.1, -0.05) is 12.1 Å². The van der Waals surface area contributed by atoms with Gasteiger partial charge in [0.05, 0.1) is 5.56 Å². The molecule has 0 saturated heterocycles. The molecule has 0 heterocycles. The summed E-state index contributed by atoms with van der Waals surface area (Å²) in [7, 11) is 0. The standard InChI is InChI=1S/C17H17FO3/c1-10-6-11(2)12(3)16(7-10)21-9-13-4-5-14(17(19)20)15(18)8-13/h4-8H,9H2,1-3H3,(H,19,20). The minimum absolute atomic E-state index is 0.195. The Morgan fingerprint density at radius 1 is 1.19 bits per heavy atom. The van der Waals surface area contributed by atoms with Crippen LogP contribution in [0.25, 0.3) is 0 Å². The summed E-state index contributed by atoms with van der Waals surface area (Å²) in [6.07, 6.45) is 0. The first-order valence-corrected chi connectivity index (χ1v) is 6.61. The number of carboxylic acid groups (broad SMARTS) is 1. The van der Waals surface area contributed by atoms with Crippen LogP contribution in [-0.2, 0) is 6.61 Å². The molecule has 2 aromatic rings. The van der Waals surface area contributed by atoms with Gasteiger partial charge in [-0.3, -0.25) is 0 Å². The van der Waals surface area contributed by atoms with Gasteiger partial charge in [0.2, 0.25) is 0 Å². The fourth-order valence-corrected chi connectivity index (χ4v) is 2.13. The number of ether oxygens (including phenoxy) is 1. The monoisotopic (exact) mass is 288 g/mol. The predicted octanol–water partition coefficient (Wildman–Crippen LogP) is 4.03. The first-order valence-electron chi connectivity index (χ1n) is 6.61. The second kappa shape index (κ2) is 5.95. The van der Waals surface area contributed by atoms with Crippen LogP contribution in [0.2, 0.25) is 0 Å². The Labute approximate surface area is 123 Å². The van der Waals surface area contributed by atoms with Crippen molar-refractivity contribution in [3.63, 3.8) is 0 Å². The number of carbonyl (C=O) groups is 1. The van der Waals surface area contributed by atoms with Crippen LogP contribution in [0, 0.1) is 26.6 Å². The van der Waals surface area contributed by atoms with Crippen molar-refractivity contribution in [3.8, 4) is 5.75 Å². The van der Waals surface area contributed by atoms with Crippen molar-refractivity contribution in [2.75, 3.05) is 0 Å².